The zero-order valence-corrected chi connectivity index (χ0v) is 16.0. The lowest BCUT2D eigenvalue weighted by molar-refractivity contribution is -0.129. The van der Waals surface area contributed by atoms with E-state index in [0.29, 0.717) is 6.42 Å². The number of H-pyrrole nitrogens is 1. The number of piperidine rings is 1. The normalized spacial score (nSPS) is 20.1. The predicted octanol–water partition coefficient (Wildman–Crippen LogP) is 3.13. The van der Waals surface area contributed by atoms with Gasteiger partial charge in [0.1, 0.15) is 5.82 Å². The number of hydrogen-bond acceptors (Lipinski definition) is 3. The number of nitrogens with zero attached hydrogens (tertiary/aromatic N) is 3. The van der Waals surface area contributed by atoms with Gasteiger partial charge in [-0.2, -0.15) is 0 Å². The third-order valence-corrected chi connectivity index (χ3v) is 6.24. The van der Waals surface area contributed by atoms with Crippen LogP contribution in [0.15, 0.2) is 18.2 Å². The molecule has 3 heterocycles. The molecule has 0 bridgehead atoms. The van der Waals surface area contributed by atoms with Crippen LogP contribution in [-0.2, 0) is 4.79 Å². The zero-order chi connectivity index (χ0) is 19.0. The summed E-state index contributed by atoms with van der Waals surface area (Å²) in [6.45, 7) is 4.24. The molecule has 0 saturated carbocycles. The standard InChI is InChI=1S/C20H27N5O2/c1-14-21-16-4-3-15(13-17(16)22-14)23-19(27)25-11-8-20(9-12-25)6-5-18(26)24(2)10-7-20/h3-4,13H,5-12H2,1-2H3,(H,21,22)(H,23,27). The number of urea groups is 1. The molecule has 2 aromatic rings. The van der Waals surface area contributed by atoms with Crippen LogP contribution in [-0.4, -0.2) is 58.4 Å². The van der Waals surface area contributed by atoms with E-state index >= 15 is 0 Å². The maximum atomic E-state index is 12.7. The molecule has 0 radical (unpaired) electrons. The summed E-state index contributed by atoms with van der Waals surface area (Å²) in [6.07, 6.45) is 4.56. The molecule has 2 aliphatic heterocycles. The van der Waals surface area contributed by atoms with Crippen LogP contribution >= 0.6 is 0 Å². The predicted molar refractivity (Wildman–Crippen MR) is 105 cm³/mol. The quantitative estimate of drug-likeness (QED) is 0.810. The van der Waals surface area contributed by atoms with Crippen LogP contribution in [0.2, 0.25) is 0 Å². The number of hydrogen-bond donors (Lipinski definition) is 2. The Labute approximate surface area is 159 Å². The summed E-state index contributed by atoms with van der Waals surface area (Å²) in [7, 11) is 1.89. The highest BCUT2D eigenvalue weighted by Gasteiger charge is 2.38. The van der Waals surface area contributed by atoms with E-state index in [1.807, 2.05) is 42.0 Å². The van der Waals surface area contributed by atoms with Crippen LogP contribution in [0, 0.1) is 12.3 Å². The molecule has 2 N–H and O–H groups in total. The van der Waals surface area contributed by atoms with E-state index in [4.69, 9.17) is 0 Å². The molecule has 3 amide bonds. The highest BCUT2D eigenvalue weighted by Crippen LogP contribution is 2.41. The van der Waals surface area contributed by atoms with E-state index in [1.165, 1.54) is 0 Å². The first kappa shape index (κ1) is 17.8. The average molecular weight is 369 g/mol. The number of rotatable bonds is 1. The molecule has 0 aliphatic carbocycles. The van der Waals surface area contributed by atoms with Gasteiger partial charge in [-0.1, -0.05) is 0 Å². The van der Waals surface area contributed by atoms with E-state index in [9.17, 15) is 9.59 Å². The molecule has 7 heteroatoms. The molecule has 1 aromatic carbocycles. The van der Waals surface area contributed by atoms with Gasteiger partial charge < -0.3 is 20.1 Å². The molecular weight excluding hydrogens is 342 g/mol. The first-order valence-corrected chi connectivity index (χ1v) is 9.70. The number of anilines is 1. The molecule has 0 atom stereocenters. The lowest BCUT2D eigenvalue weighted by Gasteiger charge is -2.41. The van der Waals surface area contributed by atoms with Gasteiger partial charge in [0.2, 0.25) is 5.91 Å². The maximum Gasteiger partial charge on any atom is 0.321 e. The Morgan fingerprint density at radius 1 is 1.19 bits per heavy atom. The number of amides is 3. The number of carbonyl (C=O) groups is 2. The van der Waals surface area contributed by atoms with Crippen molar-refractivity contribution in [1.29, 1.82) is 0 Å². The SMILES string of the molecule is Cc1nc2ccc(NC(=O)N3CCC4(CCC(=O)N(C)CC4)CC3)cc2[nH]1. The summed E-state index contributed by atoms with van der Waals surface area (Å²) in [6, 6.07) is 5.67. The Kier molecular flexibility index (Phi) is 4.53. The summed E-state index contributed by atoms with van der Waals surface area (Å²) >= 11 is 0. The van der Waals surface area contributed by atoms with Crippen LogP contribution in [0.4, 0.5) is 10.5 Å². The van der Waals surface area contributed by atoms with Crippen molar-refractivity contribution in [2.24, 2.45) is 5.41 Å². The maximum absolute atomic E-state index is 12.7. The fourth-order valence-electron chi connectivity index (χ4n) is 4.32. The largest absolute Gasteiger partial charge is 0.346 e. The lowest BCUT2D eigenvalue weighted by Crippen LogP contribution is -2.45. The lowest BCUT2D eigenvalue weighted by atomic mass is 9.73. The van der Waals surface area contributed by atoms with Crippen molar-refractivity contribution in [1.82, 2.24) is 19.8 Å². The Balaban J connectivity index is 1.37. The minimum atomic E-state index is -0.0535. The summed E-state index contributed by atoms with van der Waals surface area (Å²) < 4.78 is 0. The third-order valence-electron chi connectivity index (χ3n) is 6.24. The van der Waals surface area contributed by atoms with Crippen LogP contribution in [0.25, 0.3) is 11.0 Å². The number of aromatic nitrogens is 2. The van der Waals surface area contributed by atoms with Gasteiger partial charge in [0.15, 0.2) is 0 Å². The van der Waals surface area contributed by atoms with Crippen molar-refractivity contribution in [3.8, 4) is 0 Å². The van der Waals surface area contributed by atoms with Gasteiger partial charge in [-0.15, -0.1) is 0 Å². The summed E-state index contributed by atoms with van der Waals surface area (Å²) in [5.41, 5.74) is 2.82. The molecule has 0 unspecified atom stereocenters. The summed E-state index contributed by atoms with van der Waals surface area (Å²) in [4.78, 5) is 36.0. The fraction of sp³-hybridized carbons (Fsp3) is 0.550. The number of nitrogens with one attached hydrogen (secondary N) is 2. The molecule has 4 rings (SSSR count). The first-order chi connectivity index (χ1) is 12.9. The number of carbonyl (C=O) groups excluding carboxylic acids is 2. The topological polar surface area (TPSA) is 81.3 Å². The van der Waals surface area contributed by atoms with Crippen molar-refractivity contribution in [3.63, 3.8) is 0 Å². The molecular formula is C20H27N5O2. The van der Waals surface area contributed by atoms with E-state index in [-0.39, 0.29) is 17.4 Å². The molecule has 144 valence electrons. The smallest absolute Gasteiger partial charge is 0.321 e. The van der Waals surface area contributed by atoms with Gasteiger partial charge in [0, 0.05) is 38.8 Å². The Morgan fingerprint density at radius 2 is 1.93 bits per heavy atom. The summed E-state index contributed by atoms with van der Waals surface area (Å²) in [5, 5.41) is 3.01. The zero-order valence-electron chi connectivity index (χ0n) is 16.0. The minimum Gasteiger partial charge on any atom is -0.346 e. The number of benzene rings is 1. The molecule has 2 fully saturated rings. The molecule has 2 saturated heterocycles. The van der Waals surface area contributed by atoms with E-state index < -0.39 is 0 Å². The Bertz CT molecular complexity index is 866. The fourth-order valence-corrected chi connectivity index (χ4v) is 4.32. The second-order valence-corrected chi connectivity index (χ2v) is 8.04. The third kappa shape index (κ3) is 3.63. The second-order valence-electron chi connectivity index (χ2n) is 8.04. The number of fused-ring (bicyclic) bond motifs is 1. The van der Waals surface area contributed by atoms with Gasteiger partial charge in [-0.05, 0) is 56.2 Å². The van der Waals surface area contributed by atoms with Gasteiger partial charge in [-0.25, -0.2) is 9.78 Å². The highest BCUT2D eigenvalue weighted by molar-refractivity contribution is 5.92. The summed E-state index contributed by atoms with van der Waals surface area (Å²) in [5.74, 6) is 1.11. The second kappa shape index (κ2) is 6.87. The number of aryl methyl sites for hydroxylation is 1. The monoisotopic (exact) mass is 369 g/mol. The van der Waals surface area contributed by atoms with E-state index in [1.54, 1.807) is 0 Å². The van der Waals surface area contributed by atoms with Crippen LogP contribution < -0.4 is 5.32 Å². The minimum absolute atomic E-state index is 0.0535. The highest BCUT2D eigenvalue weighted by atomic mass is 16.2. The van der Waals surface area contributed by atoms with Gasteiger partial charge in [0.25, 0.3) is 0 Å². The molecule has 1 spiro atoms. The van der Waals surface area contributed by atoms with Crippen molar-refractivity contribution in [2.75, 3.05) is 32.0 Å². The Hall–Kier alpha value is -2.57. The number of likely N-dealkylation sites (tertiary alicyclic amines) is 2. The van der Waals surface area contributed by atoms with Crippen LogP contribution in [0.1, 0.15) is 37.9 Å². The average Bonchev–Trinajstić information content (AvgIpc) is 2.97. The molecule has 1 aromatic heterocycles. The van der Waals surface area contributed by atoms with Crippen molar-refractivity contribution in [3.05, 3.63) is 24.0 Å². The van der Waals surface area contributed by atoms with Crippen molar-refractivity contribution in [2.45, 2.75) is 39.0 Å². The van der Waals surface area contributed by atoms with Crippen LogP contribution in [0.5, 0.6) is 0 Å². The van der Waals surface area contributed by atoms with Crippen molar-refractivity contribution >= 4 is 28.7 Å². The van der Waals surface area contributed by atoms with Gasteiger partial charge in [0.05, 0.1) is 11.0 Å². The molecule has 2 aliphatic rings. The van der Waals surface area contributed by atoms with Gasteiger partial charge >= 0.3 is 6.03 Å². The van der Waals surface area contributed by atoms with E-state index in [2.05, 4.69) is 15.3 Å². The molecule has 27 heavy (non-hydrogen) atoms. The van der Waals surface area contributed by atoms with Gasteiger partial charge in [-0.3, -0.25) is 4.79 Å². The Morgan fingerprint density at radius 3 is 2.70 bits per heavy atom. The number of aromatic amines is 1. The van der Waals surface area contributed by atoms with Crippen molar-refractivity contribution < 1.29 is 9.59 Å². The van der Waals surface area contributed by atoms with E-state index in [0.717, 1.165) is 67.9 Å². The first-order valence-electron chi connectivity index (χ1n) is 9.70. The van der Waals surface area contributed by atoms with Crippen LogP contribution in [0.3, 0.4) is 0 Å². The number of imidazole rings is 1. The molecule has 7 nitrogen and oxygen atoms in total.